The van der Waals surface area contributed by atoms with Crippen molar-refractivity contribution >= 4 is 17.4 Å². The van der Waals surface area contributed by atoms with E-state index in [1.807, 2.05) is 25.1 Å². The van der Waals surface area contributed by atoms with Crippen molar-refractivity contribution in [1.82, 2.24) is 0 Å². The van der Waals surface area contributed by atoms with Crippen LogP contribution >= 0.6 is 11.6 Å². The highest BCUT2D eigenvalue weighted by molar-refractivity contribution is 6.31. The third kappa shape index (κ3) is 3.45. The van der Waals surface area contributed by atoms with Crippen LogP contribution in [-0.4, -0.2) is 5.78 Å². The fourth-order valence-electron chi connectivity index (χ4n) is 2.10. The van der Waals surface area contributed by atoms with E-state index in [0.717, 1.165) is 11.1 Å². The van der Waals surface area contributed by atoms with E-state index in [-0.39, 0.29) is 5.78 Å². The maximum absolute atomic E-state index is 12.3. The zero-order valence-electron chi connectivity index (χ0n) is 11.5. The number of aryl methyl sites for hydroxylation is 3. The Morgan fingerprint density at radius 3 is 2.37 bits per heavy atom. The summed E-state index contributed by atoms with van der Waals surface area (Å²) in [5.41, 5.74) is 5.20. The lowest BCUT2D eigenvalue weighted by Gasteiger charge is -2.06. The molecule has 19 heavy (non-hydrogen) atoms. The van der Waals surface area contributed by atoms with Crippen molar-refractivity contribution in [3.05, 3.63) is 69.2 Å². The van der Waals surface area contributed by atoms with Crippen molar-refractivity contribution in [3.8, 4) is 0 Å². The van der Waals surface area contributed by atoms with E-state index >= 15 is 0 Å². The second kappa shape index (κ2) is 5.58. The van der Waals surface area contributed by atoms with E-state index in [9.17, 15) is 4.79 Å². The van der Waals surface area contributed by atoms with E-state index in [4.69, 9.17) is 11.6 Å². The molecule has 2 heteroatoms. The third-order valence-electron chi connectivity index (χ3n) is 3.30. The maximum Gasteiger partial charge on any atom is 0.167 e. The standard InChI is InChI=1S/C17H17ClO/c1-11-6-15(10-16(18)7-11)17(19)9-14-5-4-12(2)13(3)8-14/h4-8,10H,9H2,1-3H3. The molecule has 0 spiro atoms. The van der Waals surface area contributed by atoms with E-state index in [0.29, 0.717) is 17.0 Å². The van der Waals surface area contributed by atoms with Gasteiger partial charge in [0.1, 0.15) is 0 Å². The second-order valence-electron chi connectivity index (χ2n) is 5.04. The minimum absolute atomic E-state index is 0.105. The molecule has 0 N–H and O–H groups in total. The van der Waals surface area contributed by atoms with Gasteiger partial charge in [-0.15, -0.1) is 0 Å². The topological polar surface area (TPSA) is 17.1 Å². The highest BCUT2D eigenvalue weighted by Gasteiger charge is 2.09. The lowest BCUT2D eigenvalue weighted by Crippen LogP contribution is -2.04. The Morgan fingerprint density at radius 2 is 1.74 bits per heavy atom. The van der Waals surface area contributed by atoms with Gasteiger partial charge in [0.15, 0.2) is 5.78 Å². The van der Waals surface area contributed by atoms with Crippen LogP contribution < -0.4 is 0 Å². The maximum atomic E-state index is 12.3. The van der Waals surface area contributed by atoms with Gasteiger partial charge in [-0.25, -0.2) is 0 Å². The van der Waals surface area contributed by atoms with E-state index < -0.39 is 0 Å². The highest BCUT2D eigenvalue weighted by atomic mass is 35.5. The first-order valence-corrected chi connectivity index (χ1v) is 6.70. The summed E-state index contributed by atoms with van der Waals surface area (Å²) in [6.07, 6.45) is 0.418. The number of hydrogen-bond acceptors (Lipinski definition) is 1. The summed E-state index contributed by atoms with van der Waals surface area (Å²) >= 11 is 5.99. The Balaban J connectivity index is 2.22. The predicted molar refractivity (Wildman–Crippen MR) is 80.1 cm³/mol. The summed E-state index contributed by atoms with van der Waals surface area (Å²) in [4.78, 5) is 12.3. The normalized spacial score (nSPS) is 10.5. The van der Waals surface area contributed by atoms with Gasteiger partial charge in [-0.1, -0.05) is 29.8 Å². The van der Waals surface area contributed by atoms with E-state index in [1.165, 1.54) is 11.1 Å². The summed E-state index contributed by atoms with van der Waals surface area (Å²) in [5, 5.41) is 0.614. The summed E-state index contributed by atoms with van der Waals surface area (Å²) in [7, 11) is 0. The minimum Gasteiger partial charge on any atom is -0.294 e. The van der Waals surface area contributed by atoms with Gasteiger partial charge in [-0.05, 0) is 61.2 Å². The first kappa shape index (κ1) is 13.8. The molecule has 98 valence electrons. The fourth-order valence-corrected chi connectivity index (χ4v) is 2.39. The molecule has 2 aromatic rings. The van der Waals surface area contributed by atoms with Gasteiger partial charge in [0, 0.05) is 17.0 Å². The lowest BCUT2D eigenvalue weighted by molar-refractivity contribution is 0.0993. The van der Waals surface area contributed by atoms with Crippen LogP contribution in [0.5, 0.6) is 0 Å². The number of benzene rings is 2. The summed E-state index contributed by atoms with van der Waals surface area (Å²) in [6, 6.07) is 11.6. The molecule has 0 saturated heterocycles. The van der Waals surface area contributed by atoms with Gasteiger partial charge in [0.2, 0.25) is 0 Å². The quantitative estimate of drug-likeness (QED) is 0.741. The monoisotopic (exact) mass is 272 g/mol. The average molecular weight is 273 g/mol. The summed E-state index contributed by atoms with van der Waals surface area (Å²) in [6.45, 7) is 6.08. The van der Waals surface area contributed by atoms with Gasteiger partial charge in [-0.3, -0.25) is 4.79 Å². The lowest BCUT2D eigenvalue weighted by atomic mass is 9.99. The van der Waals surface area contributed by atoms with Crippen LogP contribution in [0.3, 0.4) is 0 Å². The Hall–Kier alpha value is -1.60. The summed E-state index contributed by atoms with van der Waals surface area (Å²) < 4.78 is 0. The molecular weight excluding hydrogens is 256 g/mol. The molecule has 0 aliphatic heterocycles. The Labute approximate surface area is 119 Å². The van der Waals surface area contributed by atoms with Crippen LogP contribution in [0.2, 0.25) is 5.02 Å². The number of carbonyl (C=O) groups is 1. The van der Waals surface area contributed by atoms with Crippen molar-refractivity contribution in [2.45, 2.75) is 27.2 Å². The number of Topliss-reactive ketones (excluding diaryl/α,β-unsaturated/α-hetero) is 1. The zero-order chi connectivity index (χ0) is 14.0. The predicted octanol–water partition coefficient (Wildman–Crippen LogP) is 4.69. The van der Waals surface area contributed by atoms with Gasteiger partial charge >= 0.3 is 0 Å². The molecular formula is C17H17ClO. The smallest absolute Gasteiger partial charge is 0.167 e. The molecule has 0 bridgehead atoms. The van der Waals surface area contributed by atoms with Crippen LogP contribution in [0.4, 0.5) is 0 Å². The third-order valence-corrected chi connectivity index (χ3v) is 3.52. The highest BCUT2D eigenvalue weighted by Crippen LogP contribution is 2.17. The average Bonchev–Trinajstić information content (AvgIpc) is 2.32. The molecule has 0 heterocycles. The minimum atomic E-state index is 0.105. The Bertz CT molecular complexity index is 609. The fraction of sp³-hybridized carbons (Fsp3) is 0.235. The molecule has 0 amide bonds. The SMILES string of the molecule is Cc1cc(Cl)cc(C(=O)Cc2ccc(C)c(C)c2)c1. The Kier molecular flexibility index (Phi) is 4.06. The number of halogens is 1. The molecule has 0 unspecified atom stereocenters. The van der Waals surface area contributed by atoms with Crippen LogP contribution in [-0.2, 0) is 6.42 Å². The second-order valence-corrected chi connectivity index (χ2v) is 5.47. The molecule has 0 atom stereocenters. The number of rotatable bonds is 3. The molecule has 0 aliphatic rings. The van der Waals surface area contributed by atoms with Crippen molar-refractivity contribution in [3.63, 3.8) is 0 Å². The van der Waals surface area contributed by atoms with Crippen molar-refractivity contribution in [1.29, 1.82) is 0 Å². The van der Waals surface area contributed by atoms with Crippen LogP contribution in [0.15, 0.2) is 36.4 Å². The first-order valence-electron chi connectivity index (χ1n) is 6.32. The van der Waals surface area contributed by atoms with E-state index in [1.54, 1.807) is 6.07 Å². The molecule has 2 rings (SSSR count). The molecule has 1 nitrogen and oxygen atoms in total. The van der Waals surface area contributed by atoms with Crippen LogP contribution in [0.25, 0.3) is 0 Å². The molecule has 0 radical (unpaired) electrons. The van der Waals surface area contributed by atoms with E-state index in [2.05, 4.69) is 26.0 Å². The largest absolute Gasteiger partial charge is 0.294 e. The van der Waals surface area contributed by atoms with Crippen molar-refractivity contribution in [2.24, 2.45) is 0 Å². The van der Waals surface area contributed by atoms with Crippen molar-refractivity contribution < 1.29 is 4.79 Å². The first-order chi connectivity index (χ1) is 8.95. The number of hydrogen-bond donors (Lipinski definition) is 0. The van der Waals surface area contributed by atoms with Gasteiger partial charge in [0.05, 0.1) is 0 Å². The van der Waals surface area contributed by atoms with Gasteiger partial charge < -0.3 is 0 Å². The molecule has 0 fully saturated rings. The number of ketones is 1. The molecule has 2 aromatic carbocycles. The van der Waals surface area contributed by atoms with Crippen LogP contribution in [0, 0.1) is 20.8 Å². The molecule has 0 aromatic heterocycles. The number of carbonyl (C=O) groups excluding carboxylic acids is 1. The van der Waals surface area contributed by atoms with Gasteiger partial charge in [-0.2, -0.15) is 0 Å². The van der Waals surface area contributed by atoms with Gasteiger partial charge in [0.25, 0.3) is 0 Å². The zero-order valence-corrected chi connectivity index (χ0v) is 12.2. The van der Waals surface area contributed by atoms with Crippen LogP contribution in [0.1, 0.15) is 32.6 Å². The Morgan fingerprint density at radius 1 is 1.00 bits per heavy atom. The molecule has 0 aliphatic carbocycles. The summed E-state index contributed by atoms with van der Waals surface area (Å²) in [5.74, 6) is 0.105. The van der Waals surface area contributed by atoms with Crippen molar-refractivity contribution in [2.75, 3.05) is 0 Å². The molecule has 0 saturated carbocycles.